The average molecular weight is 406 g/mol. The molecule has 3 rings (SSSR count). The molecule has 0 unspecified atom stereocenters. The van der Waals surface area contributed by atoms with Crippen molar-refractivity contribution in [3.63, 3.8) is 0 Å². The fourth-order valence-electron chi connectivity index (χ4n) is 2.33. The van der Waals surface area contributed by atoms with Gasteiger partial charge in [-0.3, -0.25) is 9.59 Å². The first-order valence-corrected chi connectivity index (χ1v) is 8.79. The molecule has 0 aliphatic rings. The lowest BCUT2D eigenvalue weighted by Gasteiger charge is -2.03. The molecule has 0 aromatic heterocycles. The lowest BCUT2D eigenvalue weighted by atomic mass is 10.1. The van der Waals surface area contributed by atoms with Crippen molar-refractivity contribution in [3.05, 3.63) is 107 Å². The van der Waals surface area contributed by atoms with Gasteiger partial charge >= 0.3 is 0 Å². The molecule has 0 saturated carbocycles. The third kappa shape index (κ3) is 5.90. The number of benzene rings is 3. The predicted molar refractivity (Wildman–Crippen MR) is 109 cm³/mol. The molecule has 6 nitrogen and oxygen atoms in total. The van der Waals surface area contributed by atoms with Crippen LogP contribution in [0, 0.1) is 11.6 Å². The molecule has 0 saturated heterocycles. The van der Waals surface area contributed by atoms with Crippen molar-refractivity contribution in [3.8, 4) is 0 Å². The Labute approximate surface area is 170 Å². The lowest BCUT2D eigenvalue weighted by Crippen LogP contribution is -2.19. The van der Waals surface area contributed by atoms with Gasteiger partial charge in [0.1, 0.15) is 11.6 Å². The van der Waals surface area contributed by atoms with E-state index in [1.807, 2.05) is 0 Å². The molecule has 2 N–H and O–H groups in total. The molecule has 0 radical (unpaired) electrons. The topological polar surface area (TPSA) is 82.9 Å². The summed E-state index contributed by atoms with van der Waals surface area (Å²) in [6, 6.07) is 17.1. The van der Waals surface area contributed by atoms with Gasteiger partial charge in [0.15, 0.2) is 0 Å². The number of nitrogens with zero attached hydrogens (tertiary/aromatic N) is 2. The molecule has 30 heavy (non-hydrogen) atoms. The van der Waals surface area contributed by atoms with Crippen LogP contribution in [0.25, 0.3) is 0 Å². The fraction of sp³-hybridized carbons (Fsp3) is 0. The van der Waals surface area contributed by atoms with E-state index in [0.717, 1.165) is 0 Å². The quantitative estimate of drug-likeness (QED) is 0.485. The smallest absolute Gasteiger partial charge is 0.267 e. The summed E-state index contributed by atoms with van der Waals surface area (Å²) in [5.41, 5.74) is 6.57. The first-order valence-electron chi connectivity index (χ1n) is 8.79. The monoisotopic (exact) mass is 406 g/mol. The van der Waals surface area contributed by atoms with Gasteiger partial charge in [-0.15, -0.1) is 0 Å². The Hall–Kier alpha value is -4.20. The van der Waals surface area contributed by atoms with Gasteiger partial charge in [0.25, 0.3) is 11.8 Å². The Morgan fingerprint density at radius 2 is 0.933 bits per heavy atom. The molecule has 8 heteroatoms. The summed E-state index contributed by atoms with van der Waals surface area (Å²) in [7, 11) is 0. The zero-order valence-corrected chi connectivity index (χ0v) is 15.5. The standard InChI is InChI=1S/C22H16F2N4O2/c23-19-9-1-15(2-10-19)13-25-27-21(29)17-5-7-18(8-6-17)22(30)28-26-14-16-3-11-20(24)12-4-16/h1-14H,(H,27,29)(H,28,30)/b25-13-,26-14-. The van der Waals surface area contributed by atoms with Crippen molar-refractivity contribution >= 4 is 24.2 Å². The highest BCUT2D eigenvalue weighted by molar-refractivity contribution is 5.98. The van der Waals surface area contributed by atoms with Gasteiger partial charge in [0.2, 0.25) is 0 Å². The molecule has 0 bridgehead atoms. The van der Waals surface area contributed by atoms with Gasteiger partial charge in [-0.25, -0.2) is 19.6 Å². The van der Waals surface area contributed by atoms with E-state index in [2.05, 4.69) is 21.1 Å². The zero-order valence-electron chi connectivity index (χ0n) is 15.5. The van der Waals surface area contributed by atoms with E-state index in [1.54, 1.807) is 0 Å². The van der Waals surface area contributed by atoms with Gasteiger partial charge in [-0.2, -0.15) is 10.2 Å². The minimum Gasteiger partial charge on any atom is -0.267 e. The minimum atomic E-state index is -0.463. The van der Waals surface area contributed by atoms with Crippen LogP contribution in [-0.4, -0.2) is 24.2 Å². The normalized spacial score (nSPS) is 11.0. The van der Waals surface area contributed by atoms with Crippen LogP contribution >= 0.6 is 0 Å². The van der Waals surface area contributed by atoms with E-state index in [-0.39, 0.29) is 11.6 Å². The molecule has 2 amide bonds. The molecule has 0 aliphatic heterocycles. The number of hydrazone groups is 2. The number of nitrogens with one attached hydrogen (secondary N) is 2. The van der Waals surface area contributed by atoms with E-state index >= 15 is 0 Å². The summed E-state index contributed by atoms with van der Waals surface area (Å²) in [5.74, 6) is -1.65. The molecular weight excluding hydrogens is 390 g/mol. The van der Waals surface area contributed by atoms with E-state index in [1.165, 1.54) is 85.2 Å². The van der Waals surface area contributed by atoms with Crippen molar-refractivity contribution in [1.29, 1.82) is 0 Å². The first-order chi connectivity index (χ1) is 14.5. The highest BCUT2D eigenvalue weighted by atomic mass is 19.1. The second-order valence-corrected chi connectivity index (χ2v) is 6.08. The maximum absolute atomic E-state index is 12.8. The Bertz CT molecular complexity index is 989. The maximum atomic E-state index is 12.8. The summed E-state index contributed by atoms with van der Waals surface area (Å²) in [6.07, 6.45) is 2.77. The van der Waals surface area contributed by atoms with E-state index in [0.29, 0.717) is 22.3 Å². The molecule has 0 atom stereocenters. The molecule has 0 aliphatic carbocycles. The highest BCUT2D eigenvalue weighted by Gasteiger charge is 2.08. The van der Waals surface area contributed by atoms with Crippen LogP contribution in [-0.2, 0) is 0 Å². The van der Waals surface area contributed by atoms with E-state index in [4.69, 9.17) is 0 Å². The Kier molecular flexibility index (Phi) is 6.73. The number of rotatable bonds is 6. The number of hydrogen-bond donors (Lipinski definition) is 2. The molecule has 0 fully saturated rings. The minimum absolute atomic E-state index is 0.303. The number of carbonyl (C=O) groups is 2. The van der Waals surface area contributed by atoms with Crippen molar-refractivity contribution in [1.82, 2.24) is 10.9 Å². The number of halogens is 2. The largest absolute Gasteiger partial charge is 0.271 e. The number of amides is 2. The van der Waals surface area contributed by atoms with Crippen molar-refractivity contribution in [2.75, 3.05) is 0 Å². The van der Waals surface area contributed by atoms with Gasteiger partial charge in [-0.05, 0) is 59.7 Å². The van der Waals surface area contributed by atoms with Crippen LogP contribution in [0.4, 0.5) is 8.78 Å². The molecule has 0 spiro atoms. The van der Waals surface area contributed by atoms with Crippen LogP contribution in [0.15, 0.2) is 83.0 Å². The Balaban J connectivity index is 1.53. The van der Waals surface area contributed by atoms with Gasteiger partial charge in [0, 0.05) is 11.1 Å². The third-order valence-corrected chi connectivity index (χ3v) is 3.91. The first kappa shape index (κ1) is 20.5. The SMILES string of the molecule is O=C(N/N=C\c1ccc(F)cc1)c1ccc(C(=O)N/N=C\c2ccc(F)cc2)cc1. The third-order valence-electron chi connectivity index (χ3n) is 3.91. The molecule has 150 valence electrons. The summed E-state index contributed by atoms with van der Waals surface area (Å²) >= 11 is 0. The van der Waals surface area contributed by atoms with Crippen molar-refractivity contribution in [2.24, 2.45) is 10.2 Å². The maximum Gasteiger partial charge on any atom is 0.271 e. The predicted octanol–water partition coefficient (Wildman–Crippen LogP) is 3.49. The van der Waals surface area contributed by atoms with E-state index in [9.17, 15) is 18.4 Å². The van der Waals surface area contributed by atoms with Crippen LogP contribution in [0.1, 0.15) is 31.8 Å². The summed E-state index contributed by atoms with van der Waals surface area (Å²) in [4.78, 5) is 24.2. The average Bonchev–Trinajstić information content (AvgIpc) is 2.76. The fourth-order valence-corrected chi connectivity index (χ4v) is 2.33. The van der Waals surface area contributed by atoms with Crippen LogP contribution < -0.4 is 10.9 Å². The second-order valence-electron chi connectivity index (χ2n) is 6.08. The molecule has 0 heterocycles. The number of carbonyl (C=O) groups excluding carboxylic acids is 2. The Morgan fingerprint density at radius 3 is 1.27 bits per heavy atom. The second kappa shape index (κ2) is 9.83. The summed E-state index contributed by atoms with van der Waals surface area (Å²) < 4.78 is 25.7. The van der Waals surface area contributed by atoms with Crippen molar-refractivity contribution in [2.45, 2.75) is 0 Å². The lowest BCUT2D eigenvalue weighted by molar-refractivity contribution is 0.0943. The molecule has 3 aromatic carbocycles. The van der Waals surface area contributed by atoms with Gasteiger partial charge < -0.3 is 0 Å². The summed E-state index contributed by atoms with van der Waals surface area (Å²) in [6.45, 7) is 0. The van der Waals surface area contributed by atoms with Crippen LogP contribution in [0.2, 0.25) is 0 Å². The van der Waals surface area contributed by atoms with E-state index < -0.39 is 11.8 Å². The molecule has 3 aromatic rings. The molecular formula is C22H16F2N4O2. The number of hydrogen-bond acceptors (Lipinski definition) is 4. The van der Waals surface area contributed by atoms with Crippen LogP contribution in [0.5, 0.6) is 0 Å². The Morgan fingerprint density at radius 1 is 0.600 bits per heavy atom. The zero-order chi connectivity index (χ0) is 21.3. The van der Waals surface area contributed by atoms with Crippen molar-refractivity contribution < 1.29 is 18.4 Å². The van der Waals surface area contributed by atoms with Gasteiger partial charge in [0.05, 0.1) is 12.4 Å². The summed E-state index contributed by atoms with van der Waals surface area (Å²) in [5, 5.41) is 7.62. The van der Waals surface area contributed by atoms with Gasteiger partial charge in [-0.1, -0.05) is 24.3 Å². The highest BCUT2D eigenvalue weighted by Crippen LogP contribution is 2.05. The van der Waals surface area contributed by atoms with Crippen LogP contribution in [0.3, 0.4) is 0 Å².